The van der Waals surface area contributed by atoms with Gasteiger partial charge >= 0.3 is 0 Å². The summed E-state index contributed by atoms with van der Waals surface area (Å²) < 4.78 is 6.63. The number of nitrogens with two attached hydrogens (primary N) is 1. The van der Waals surface area contributed by atoms with Gasteiger partial charge in [-0.25, -0.2) is 0 Å². The summed E-state index contributed by atoms with van der Waals surface area (Å²) in [5.41, 5.74) is 7.12. The van der Waals surface area contributed by atoms with Gasteiger partial charge in [-0.3, -0.25) is 0 Å². The van der Waals surface area contributed by atoms with Gasteiger partial charge in [0.05, 0.1) is 12.6 Å². The van der Waals surface area contributed by atoms with Crippen LogP contribution in [0.5, 0.6) is 0 Å². The summed E-state index contributed by atoms with van der Waals surface area (Å²) in [4.78, 5) is 0. The van der Waals surface area contributed by atoms with Crippen LogP contribution in [-0.4, -0.2) is 13.2 Å². The lowest BCUT2D eigenvalue weighted by Gasteiger charge is -2.12. The van der Waals surface area contributed by atoms with E-state index in [1.165, 1.54) is 3.57 Å². The van der Waals surface area contributed by atoms with Crippen molar-refractivity contribution in [2.75, 3.05) is 13.2 Å². The fourth-order valence-corrected chi connectivity index (χ4v) is 1.76. The van der Waals surface area contributed by atoms with Crippen LogP contribution in [0, 0.1) is 3.57 Å². The van der Waals surface area contributed by atoms with Gasteiger partial charge in [0.2, 0.25) is 0 Å². The second kappa shape index (κ2) is 6.37. The zero-order chi connectivity index (χ0) is 10.4. The van der Waals surface area contributed by atoms with Crippen LogP contribution in [-0.2, 0) is 4.74 Å². The van der Waals surface area contributed by atoms with Gasteiger partial charge in [0.25, 0.3) is 0 Å². The number of benzene rings is 1. The Bertz CT molecular complexity index is 278. The van der Waals surface area contributed by atoms with Gasteiger partial charge in [0.15, 0.2) is 0 Å². The quantitative estimate of drug-likeness (QED) is 0.670. The second-order valence-electron chi connectivity index (χ2n) is 3.24. The Labute approximate surface area is 99.0 Å². The molecule has 0 saturated heterocycles. The SMILES string of the molecule is CCCOCC(N)c1cccc(I)c1. The van der Waals surface area contributed by atoms with Crippen LogP contribution in [0.4, 0.5) is 0 Å². The van der Waals surface area contributed by atoms with Gasteiger partial charge in [0, 0.05) is 10.2 Å². The molecule has 1 unspecified atom stereocenters. The molecule has 14 heavy (non-hydrogen) atoms. The maximum absolute atomic E-state index is 5.98. The van der Waals surface area contributed by atoms with Crippen molar-refractivity contribution in [1.29, 1.82) is 0 Å². The van der Waals surface area contributed by atoms with E-state index >= 15 is 0 Å². The van der Waals surface area contributed by atoms with E-state index in [1.54, 1.807) is 0 Å². The lowest BCUT2D eigenvalue weighted by atomic mass is 10.1. The summed E-state index contributed by atoms with van der Waals surface area (Å²) in [6.45, 7) is 3.49. The molecular weight excluding hydrogens is 289 g/mol. The third-order valence-electron chi connectivity index (χ3n) is 1.92. The van der Waals surface area contributed by atoms with Crippen molar-refractivity contribution in [3.05, 3.63) is 33.4 Å². The Hall–Kier alpha value is -0.130. The molecule has 1 rings (SSSR count). The van der Waals surface area contributed by atoms with Gasteiger partial charge in [0.1, 0.15) is 0 Å². The predicted octanol–water partition coefficient (Wildman–Crippen LogP) is 2.72. The van der Waals surface area contributed by atoms with Crippen LogP contribution < -0.4 is 5.73 Å². The number of rotatable bonds is 5. The van der Waals surface area contributed by atoms with E-state index in [1.807, 2.05) is 12.1 Å². The Morgan fingerprint density at radius 3 is 2.93 bits per heavy atom. The summed E-state index contributed by atoms with van der Waals surface area (Å²) in [6.07, 6.45) is 1.04. The molecule has 2 nitrogen and oxygen atoms in total. The zero-order valence-corrected chi connectivity index (χ0v) is 10.5. The highest BCUT2D eigenvalue weighted by atomic mass is 127. The smallest absolute Gasteiger partial charge is 0.0659 e. The topological polar surface area (TPSA) is 35.2 Å². The normalized spacial score (nSPS) is 12.8. The van der Waals surface area contributed by atoms with Crippen LogP contribution in [0.2, 0.25) is 0 Å². The Kier molecular flexibility index (Phi) is 5.44. The zero-order valence-electron chi connectivity index (χ0n) is 8.37. The van der Waals surface area contributed by atoms with Crippen LogP contribution in [0.15, 0.2) is 24.3 Å². The van der Waals surface area contributed by atoms with Crippen LogP contribution in [0.25, 0.3) is 0 Å². The van der Waals surface area contributed by atoms with Crippen molar-refractivity contribution in [1.82, 2.24) is 0 Å². The molecule has 78 valence electrons. The van der Waals surface area contributed by atoms with Gasteiger partial charge in [-0.1, -0.05) is 19.1 Å². The lowest BCUT2D eigenvalue weighted by Crippen LogP contribution is -2.17. The van der Waals surface area contributed by atoms with E-state index in [-0.39, 0.29) is 6.04 Å². The minimum absolute atomic E-state index is 0.00346. The van der Waals surface area contributed by atoms with Crippen molar-refractivity contribution in [3.8, 4) is 0 Å². The van der Waals surface area contributed by atoms with E-state index in [4.69, 9.17) is 10.5 Å². The molecule has 0 radical (unpaired) electrons. The van der Waals surface area contributed by atoms with Crippen LogP contribution >= 0.6 is 22.6 Å². The molecule has 0 aliphatic carbocycles. The molecule has 0 spiro atoms. The van der Waals surface area contributed by atoms with Crippen molar-refractivity contribution in [2.45, 2.75) is 19.4 Å². The van der Waals surface area contributed by atoms with E-state index < -0.39 is 0 Å². The van der Waals surface area contributed by atoms with Gasteiger partial charge in [-0.15, -0.1) is 0 Å². The van der Waals surface area contributed by atoms with Gasteiger partial charge < -0.3 is 10.5 Å². The molecule has 1 aromatic carbocycles. The molecule has 1 aromatic rings. The summed E-state index contributed by atoms with van der Waals surface area (Å²) in [6, 6.07) is 8.22. The van der Waals surface area contributed by atoms with E-state index in [0.717, 1.165) is 18.6 Å². The molecule has 1 atom stereocenters. The van der Waals surface area contributed by atoms with Crippen molar-refractivity contribution >= 4 is 22.6 Å². The molecule has 0 aliphatic heterocycles. The first kappa shape index (κ1) is 11.9. The fourth-order valence-electron chi connectivity index (χ4n) is 1.19. The monoisotopic (exact) mass is 305 g/mol. The highest BCUT2D eigenvalue weighted by molar-refractivity contribution is 14.1. The Balaban J connectivity index is 2.47. The first-order chi connectivity index (χ1) is 6.74. The van der Waals surface area contributed by atoms with Crippen molar-refractivity contribution in [2.24, 2.45) is 5.73 Å². The molecule has 0 aromatic heterocycles. The summed E-state index contributed by atoms with van der Waals surface area (Å²) in [5, 5.41) is 0. The average molecular weight is 305 g/mol. The van der Waals surface area contributed by atoms with E-state index in [9.17, 15) is 0 Å². The molecule has 0 bridgehead atoms. The average Bonchev–Trinajstić information content (AvgIpc) is 2.18. The van der Waals surface area contributed by atoms with Crippen molar-refractivity contribution in [3.63, 3.8) is 0 Å². The molecule has 2 N–H and O–H groups in total. The highest BCUT2D eigenvalue weighted by Gasteiger charge is 2.05. The summed E-state index contributed by atoms with van der Waals surface area (Å²) in [7, 11) is 0. The van der Waals surface area contributed by atoms with Gasteiger partial charge in [-0.2, -0.15) is 0 Å². The second-order valence-corrected chi connectivity index (χ2v) is 4.48. The first-order valence-electron chi connectivity index (χ1n) is 4.83. The Morgan fingerprint density at radius 2 is 2.29 bits per heavy atom. The first-order valence-corrected chi connectivity index (χ1v) is 5.90. The van der Waals surface area contributed by atoms with Crippen molar-refractivity contribution < 1.29 is 4.74 Å². The third-order valence-corrected chi connectivity index (χ3v) is 2.59. The Morgan fingerprint density at radius 1 is 1.50 bits per heavy atom. The number of halogens is 1. The maximum atomic E-state index is 5.98. The van der Waals surface area contributed by atoms with E-state index in [0.29, 0.717) is 6.61 Å². The van der Waals surface area contributed by atoms with E-state index in [2.05, 4.69) is 41.6 Å². The number of hydrogen-bond acceptors (Lipinski definition) is 2. The van der Waals surface area contributed by atoms with Crippen LogP contribution in [0.1, 0.15) is 24.9 Å². The third kappa shape index (κ3) is 3.94. The minimum atomic E-state index is -0.00346. The molecular formula is C11H16INO. The van der Waals surface area contributed by atoms with Gasteiger partial charge in [-0.05, 0) is 46.7 Å². The maximum Gasteiger partial charge on any atom is 0.0659 e. The number of ether oxygens (including phenoxy) is 1. The minimum Gasteiger partial charge on any atom is -0.379 e. The largest absolute Gasteiger partial charge is 0.379 e. The predicted molar refractivity (Wildman–Crippen MR) is 67.2 cm³/mol. The summed E-state index contributed by atoms with van der Waals surface area (Å²) >= 11 is 2.29. The molecule has 3 heteroatoms. The van der Waals surface area contributed by atoms with Crippen LogP contribution in [0.3, 0.4) is 0 Å². The molecule has 0 amide bonds. The fraction of sp³-hybridized carbons (Fsp3) is 0.455. The summed E-state index contributed by atoms with van der Waals surface area (Å²) in [5.74, 6) is 0. The molecule has 0 heterocycles. The lowest BCUT2D eigenvalue weighted by molar-refractivity contribution is 0.121. The highest BCUT2D eigenvalue weighted by Crippen LogP contribution is 2.14. The number of hydrogen-bond donors (Lipinski definition) is 1. The molecule has 0 aliphatic rings. The standard InChI is InChI=1S/C11H16INO/c1-2-6-14-8-11(13)9-4-3-5-10(12)7-9/h3-5,7,11H,2,6,8,13H2,1H3. The molecule has 0 saturated carbocycles. The molecule has 0 fully saturated rings.